The molecule has 0 spiro atoms. The highest BCUT2D eigenvalue weighted by atomic mass is 79.9. The minimum Gasteiger partial charge on any atom is -0.306 e. The van der Waals surface area contributed by atoms with Crippen molar-refractivity contribution in [3.8, 4) is 0 Å². The van der Waals surface area contributed by atoms with Gasteiger partial charge in [0, 0.05) is 9.85 Å². The van der Waals surface area contributed by atoms with Crippen LogP contribution in [0.4, 0.5) is 4.39 Å². The number of hydrogen-bond acceptors (Lipinski definition) is 2. The van der Waals surface area contributed by atoms with Gasteiger partial charge in [-0.3, -0.25) is 0 Å². The molecule has 0 saturated carbocycles. The van der Waals surface area contributed by atoms with E-state index in [1.807, 2.05) is 11.4 Å². The molecule has 19 heavy (non-hydrogen) atoms. The Morgan fingerprint density at radius 2 is 2.05 bits per heavy atom. The minimum atomic E-state index is -0.229. The maximum Gasteiger partial charge on any atom is 0.137 e. The van der Waals surface area contributed by atoms with Crippen LogP contribution in [0, 0.1) is 5.82 Å². The van der Waals surface area contributed by atoms with Gasteiger partial charge in [-0.1, -0.05) is 19.1 Å². The number of benzene rings is 1. The Morgan fingerprint density at radius 3 is 2.68 bits per heavy atom. The van der Waals surface area contributed by atoms with Crippen LogP contribution in [-0.4, -0.2) is 6.54 Å². The zero-order chi connectivity index (χ0) is 13.8. The Morgan fingerprint density at radius 1 is 1.26 bits per heavy atom. The fourth-order valence-electron chi connectivity index (χ4n) is 1.92. The largest absolute Gasteiger partial charge is 0.306 e. The van der Waals surface area contributed by atoms with Crippen LogP contribution >= 0.6 is 43.2 Å². The first-order valence-corrected chi connectivity index (χ1v) is 8.57. The van der Waals surface area contributed by atoms with Gasteiger partial charge in [0.1, 0.15) is 5.82 Å². The fourth-order valence-corrected chi connectivity index (χ4v) is 3.96. The molecule has 0 radical (unpaired) electrons. The summed E-state index contributed by atoms with van der Waals surface area (Å²) in [5.41, 5.74) is 2.07. The predicted molar refractivity (Wildman–Crippen MR) is 86.3 cm³/mol. The molecular formula is C14H14Br2FNS. The number of halogens is 3. The molecule has 1 N–H and O–H groups in total. The van der Waals surface area contributed by atoms with Gasteiger partial charge in [0.15, 0.2) is 0 Å². The molecule has 2 rings (SSSR count). The summed E-state index contributed by atoms with van der Waals surface area (Å²) < 4.78 is 15.3. The summed E-state index contributed by atoms with van der Waals surface area (Å²) in [6, 6.07) is 5.15. The zero-order valence-corrected chi connectivity index (χ0v) is 14.4. The second-order valence-electron chi connectivity index (χ2n) is 4.21. The lowest BCUT2D eigenvalue weighted by atomic mass is 10.0. The monoisotopic (exact) mass is 405 g/mol. The normalized spacial score (nSPS) is 12.6. The average Bonchev–Trinajstić information content (AvgIpc) is 2.81. The molecule has 1 heterocycles. The molecule has 0 aliphatic rings. The summed E-state index contributed by atoms with van der Waals surface area (Å²) in [6.45, 7) is 3.00. The van der Waals surface area contributed by atoms with E-state index in [9.17, 15) is 4.39 Å². The molecule has 1 atom stereocenters. The van der Waals surface area contributed by atoms with Gasteiger partial charge in [0.05, 0.1) is 10.5 Å². The van der Waals surface area contributed by atoms with Gasteiger partial charge in [-0.2, -0.15) is 11.3 Å². The van der Waals surface area contributed by atoms with E-state index in [1.165, 1.54) is 6.07 Å². The summed E-state index contributed by atoms with van der Waals surface area (Å²) in [5.74, 6) is -0.229. The highest BCUT2D eigenvalue weighted by molar-refractivity contribution is 9.10. The molecule has 102 valence electrons. The molecule has 0 fully saturated rings. The van der Waals surface area contributed by atoms with Crippen molar-refractivity contribution in [3.63, 3.8) is 0 Å². The number of nitrogens with one attached hydrogen (secondary N) is 1. The van der Waals surface area contributed by atoms with Crippen molar-refractivity contribution in [2.45, 2.75) is 19.4 Å². The molecule has 1 aromatic heterocycles. The Labute approximate surface area is 133 Å². The van der Waals surface area contributed by atoms with Crippen molar-refractivity contribution in [1.82, 2.24) is 5.32 Å². The van der Waals surface area contributed by atoms with Crippen LogP contribution in [0.25, 0.3) is 0 Å². The van der Waals surface area contributed by atoms with Crippen molar-refractivity contribution in [3.05, 3.63) is 54.8 Å². The first-order valence-electron chi connectivity index (χ1n) is 6.04. The number of thiophene rings is 1. The predicted octanol–water partition coefficient (Wildman–Crippen LogP) is 5.50. The van der Waals surface area contributed by atoms with Crippen molar-refractivity contribution < 1.29 is 4.39 Å². The minimum absolute atomic E-state index is 0.00866. The summed E-state index contributed by atoms with van der Waals surface area (Å²) in [6.07, 6.45) is 1.03. The average molecular weight is 407 g/mol. The quantitative estimate of drug-likeness (QED) is 0.690. The van der Waals surface area contributed by atoms with E-state index in [2.05, 4.69) is 49.5 Å². The smallest absolute Gasteiger partial charge is 0.137 e. The highest BCUT2D eigenvalue weighted by Crippen LogP contribution is 2.35. The van der Waals surface area contributed by atoms with Crippen LogP contribution in [0.1, 0.15) is 30.5 Å². The summed E-state index contributed by atoms with van der Waals surface area (Å²) in [4.78, 5) is 0. The second-order valence-corrected chi connectivity index (χ2v) is 6.60. The van der Waals surface area contributed by atoms with Gasteiger partial charge in [-0.25, -0.2) is 4.39 Å². The maximum absolute atomic E-state index is 13.7. The van der Waals surface area contributed by atoms with Crippen LogP contribution in [0.5, 0.6) is 0 Å². The molecule has 0 saturated heterocycles. The van der Waals surface area contributed by atoms with Crippen molar-refractivity contribution in [2.24, 2.45) is 0 Å². The van der Waals surface area contributed by atoms with Crippen molar-refractivity contribution >= 4 is 43.2 Å². The molecule has 0 bridgehead atoms. The Kier molecular flexibility index (Phi) is 5.57. The van der Waals surface area contributed by atoms with Crippen LogP contribution in [0.15, 0.2) is 37.9 Å². The molecule has 0 aliphatic carbocycles. The summed E-state index contributed by atoms with van der Waals surface area (Å²) >= 11 is 8.55. The molecule has 0 aliphatic heterocycles. The Bertz CT molecular complexity index is 556. The van der Waals surface area contributed by atoms with Crippen LogP contribution in [0.3, 0.4) is 0 Å². The molecule has 1 aromatic carbocycles. The van der Waals surface area contributed by atoms with Crippen LogP contribution in [-0.2, 0) is 0 Å². The standard InChI is InChI=1S/C14H14Br2FNS/c1-2-6-18-14(10-7-19-8-11(10)15)9-4-3-5-12(17)13(9)16/h3-5,7-8,14,18H,2,6H2,1H3. The van der Waals surface area contributed by atoms with E-state index in [1.54, 1.807) is 17.4 Å². The van der Waals surface area contributed by atoms with Crippen molar-refractivity contribution in [1.29, 1.82) is 0 Å². The zero-order valence-electron chi connectivity index (χ0n) is 10.4. The van der Waals surface area contributed by atoms with E-state index >= 15 is 0 Å². The lowest BCUT2D eigenvalue weighted by molar-refractivity contribution is 0.580. The molecule has 5 heteroatoms. The van der Waals surface area contributed by atoms with Crippen molar-refractivity contribution in [2.75, 3.05) is 6.54 Å². The molecule has 2 aromatic rings. The highest BCUT2D eigenvalue weighted by Gasteiger charge is 2.20. The molecular weight excluding hydrogens is 393 g/mol. The van der Waals surface area contributed by atoms with Gasteiger partial charge in [-0.05, 0) is 67.4 Å². The lowest BCUT2D eigenvalue weighted by Crippen LogP contribution is -2.23. The van der Waals surface area contributed by atoms with Gasteiger partial charge < -0.3 is 5.32 Å². The molecule has 1 nitrogen and oxygen atoms in total. The maximum atomic E-state index is 13.7. The van der Waals surface area contributed by atoms with E-state index in [-0.39, 0.29) is 11.9 Å². The topological polar surface area (TPSA) is 12.0 Å². The molecule has 0 amide bonds. The lowest BCUT2D eigenvalue weighted by Gasteiger charge is -2.20. The van der Waals surface area contributed by atoms with Gasteiger partial charge in [0.25, 0.3) is 0 Å². The van der Waals surface area contributed by atoms with E-state index in [0.29, 0.717) is 4.47 Å². The fraction of sp³-hybridized carbons (Fsp3) is 0.286. The second kappa shape index (κ2) is 6.97. The van der Waals surface area contributed by atoms with Gasteiger partial charge in [-0.15, -0.1) is 0 Å². The third kappa shape index (κ3) is 3.45. The first kappa shape index (κ1) is 15.2. The summed E-state index contributed by atoms with van der Waals surface area (Å²) in [7, 11) is 0. The Hall–Kier alpha value is -0.230. The van der Waals surface area contributed by atoms with Crippen LogP contribution < -0.4 is 5.32 Å². The van der Waals surface area contributed by atoms with Gasteiger partial charge >= 0.3 is 0 Å². The number of hydrogen-bond donors (Lipinski definition) is 1. The van der Waals surface area contributed by atoms with E-state index < -0.39 is 0 Å². The third-order valence-corrected chi connectivity index (χ3v) is 5.43. The van der Waals surface area contributed by atoms with Crippen LogP contribution in [0.2, 0.25) is 0 Å². The first-order chi connectivity index (χ1) is 9.15. The van der Waals surface area contributed by atoms with E-state index in [0.717, 1.165) is 28.6 Å². The third-order valence-electron chi connectivity index (χ3n) is 2.84. The van der Waals surface area contributed by atoms with E-state index in [4.69, 9.17) is 0 Å². The molecule has 1 unspecified atom stereocenters. The number of rotatable bonds is 5. The Balaban J connectivity index is 2.43. The SMILES string of the molecule is CCCNC(c1cscc1Br)c1cccc(F)c1Br. The van der Waals surface area contributed by atoms with Gasteiger partial charge in [0.2, 0.25) is 0 Å². The summed E-state index contributed by atoms with van der Waals surface area (Å²) in [5, 5.41) is 7.61.